The van der Waals surface area contributed by atoms with Crippen LogP contribution >= 0.6 is 0 Å². The van der Waals surface area contributed by atoms with Crippen molar-refractivity contribution in [3.05, 3.63) is 72.9 Å². The smallest absolute Gasteiger partial charge is 0.175 e. The molecule has 0 spiro atoms. The molecular formula is C23H21N3O4S. The molecule has 1 heterocycles. The molecule has 0 atom stereocenters. The number of nitrogen functional groups attached to an aromatic ring is 1. The maximum atomic E-state index is 12.0. The molecule has 0 radical (unpaired) electrons. The average Bonchev–Trinajstić information content (AvgIpc) is 2.75. The molecule has 0 saturated carbocycles. The molecule has 158 valence electrons. The number of ether oxygens (including phenoxy) is 2. The molecule has 0 fully saturated rings. The lowest BCUT2D eigenvalue weighted by atomic mass is 10.1. The van der Waals surface area contributed by atoms with Crippen molar-refractivity contribution in [3.63, 3.8) is 0 Å². The van der Waals surface area contributed by atoms with Crippen LogP contribution < -0.4 is 20.5 Å². The van der Waals surface area contributed by atoms with Gasteiger partial charge in [0.2, 0.25) is 0 Å². The fraction of sp³-hybridized carbons (Fsp3) is 0.0870. The van der Waals surface area contributed by atoms with E-state index >= 15 is 0 Å². The van der Waals surface area contributed by atoms with E-state index in [1.165, 1.54) is 19.2 Å². The minimum absolute atomic E-state index is 0.148. The van der Waals surface area contributed by atoms with Crippen molar-refractivity contribution in [2.24, 2.45) is 0 Å². The Bertz CT molecular complexity index is 1370. The molecule has 3 aromatic carbocycles. The molecule has 7 nitrogen and oxygen atoms in total. The Morgan fingerprint density at radius 1 is 0.935 bits per heavy atom. The van der Waals surface area contributed by atoms with Gasteiger partial charge in [-0.3, -0.25) is 0 Å². The highest BCUT2D eigenvalue weighted by molar-refractivity contribution is 7.90. The lowest BCUT2D eigenvalue weighted by molar-refractivity contribution is 0.413. The highest BCUT2D eigenvalue weighted by Crippen LogP contribution is 2.34. The largest absolute Gasteiger partial charge is 0.497 e. The van der Waals surface area contributed by atoms with Gasteiger partial charge in [-0.05, 0) is 30.3 Å². The van der Waals surface area contributed by atoms with Crippen LogP contribution in [0.15, 0.2) is 77.8 Å². The van der Waals surface area contributed by atoms with Crippen molar-refractivity contribution in [2.45, 2.75) is 4.90 Å². The van der Waals surface area contributed by atoms with Crippen LogP contribution in [-0.4, -0.2) is 26.8 Å². The van der Waals surface area contributed by atoms with Crippen LogP contribution in [0, 0.1) is 0 Å². The minimum Gasteiger partial charge on any atom is -0.497 e. The van der Waals surface area contributed by atoms with Gasteiger partial charge in [-0.1, -0.05) is 24.3 Å². The normalized spacial score (nSPS) is 11.3. The zero-order valence-electron chi connectivity index (χ0n) is 17.0. The number of nitrogens with zero attached hydrogens (tertiary/aromatic N) is 1. The van der Waals surface area contributed by atoms with Crippen LogP contribution in [0.5, 0.6) is 17.2 Å². The fourth-order valence-electron chi connectivity index (χ4n) is 3.18. The number of pyridine rings is 1. The summed E-state index contributed by atoms with van der Waals surface area (Å²) in [7, 11) is -1.92. The molecule has 0 amide bonds. The first-order chi connectivity index (χ1) is 14.8. The first-order valence-electron chi connectivity index (χ1n) is 9.41. The predicted octanol–water partition coefficient (Wildman–Crippen LogP) is 4.77. The van der Waals surface area contributed by atoms with Gasteiger partial charge >= 0.3 is 0 Å². The van der Waals surface area contributed by atoms with E-state index in [1.807, 2.05) is 30.3 Å². The van der Waals surface area contributed by atoms with Crippen LogP contribution in [0.4, 0.5) is 17.2 Å². The Balaban J connectivity index is 1.64. The Morgan fingerprint density at radius 3 is 2.45 bits per heavy atom. The zero-order chi connectivity index (χ0) is 22.0. The van der Waals surface area contributed by atoms with Gasteiger partial charge in [0.05, 0.1) is 12.0 Å². The van der Waals surface area contributed by atoms with Crippen molar-refractivity contribution in [1.82, 2.24) is 4.98 Å². The topological polar surface area (TPSA) is 104 Å². The summed E-state index contributed by atoms with van der Waals surface area (Å²) >= 11 is 0. The fourth-order valence-corrected chi connectivity index (χ4v) is 3.85. The quantitative estimate of drug-likeness (QED) is 0.421. The third-order valence-electron chi connectivity index (χ3n) is 4.69. The number of methoxy groups -OCH3 is 1. The van der Waals surface area contributed by atoms with Crippen molar-refractivity contribution in [1.29, 1.82) is 0 Å². The standard InChI is InChI=1S/C23H21N3O4S/c1-29-17-11-15(12-18(13-17)31(2,27)28)26-23-14-16(9-10-25-23)30-22-8-7-21(24)19-5-3-4-6-20(19)22/h3-14H,24H2,1-2H3,(H,25,26). The molecule has 0 aliphatic carbocycles. The van der Waals surface area contributed by atoms with Gasteiger partial charge in [0.25, 0.3) is 0 Å². The van der Waals surface area contributed by atoms with Gasteiger partial charge < -0.3 is 20.5 Å². The number of hydrogen-bond acceptors (Lipinski definition) is 7. The first-order valence-corrected chi connectivity index (χ1v) is 11.3. The summed E-state index contributed by atoms with van der Waals surface area (Å²) < 4.78 is 35.2. The second kappa shape index (κ2) is 8.16. The molecule has 4 rings (SSSR count). The number of nitrogens with one attached hydrogen (secondary N) is 1. The van der Waals surface area contributed by atoms with Crippen molar-refractivity contribution >= 4 is 37.8 Å². The van der Waals surface area contributed by atoms with Crippen molar-refractivity contribution in [3.8, 4) is 17.2 Å². The molecule has 0 saturated heterocycles. The lowest BCUT2D eigenvalue weighted by Crippen LogP contribution is -2.01. The molecule has 0 aliphatic rings. The van der Waals surface area contributed by atoms with Crippen molar-refractivity contribution < 1.29 is 17.9 Å². The third kappa shape index (κ3) is 4.54. The molecule has 0 unspecified atom stereocenters. The number of anilines is 3. The number of hydrogen-bond donors (Lipinski definition) is 2. The van der Waals surface area contributed by atoms with Gasteiger partial charge in [0.15, 0.2) is 9.84 Å². The second-order valence-electron chi connectivity index (χ2n) is 6.97. The maximum Gasteiger partial charge on any atom is 0.175 e. The summed E-state index contributed by atoms with van der Waals surface area (Å²) in [5, 5.41) is 4.92. The van der Waals surface area contributed by atoms with Crippen LogP contribution in [0.3, 0.4) is 0 Å². The lowest BCUT2D eigenvalue weighted by Gasteiger charge is -2.13. The number of rotatable bonds is 6. The van der Waals surface area contributed by atoms with Gasteiger partial charge in [-0.15, -0.1) is 0 Å². The van der Waals surface area contributed by atoms with Crippen LogP contribution in [0.2, 0.25) is 0 Å². The van der Waals surface area contributed by atoms with E-state index in [4.69, 9.17) is 15.2 Å². The number of sulfone groups is 1. The molecular weight excluding hydrogens is 414 g/mol. The summed E-state index contributed by atoms with van der Waals surface area (Å²) in [5.74, 6) is 2.15. The summed E-state index contributed by atoms with van der Waals surface area (Å²) in [4.78, 5) is 4.45. The van der Waals surface area contributed by atoms with E-state index in [1.54, 1.807) is 30.5 Å². The van der Waals surface area contributed by atoms with Crippen LogP contribution in [-0.2, 0) is 9.84 Å². The van der Waals surface area contributed by atoms with Gasteiger partial charge in [-0.2, -0.15) is 0 Å². The molecule has 8 heteroatoms. The van der Waals surface area contributed by atoms with E-state index in [9.17, 15) is 8.42 Å². The number of nitrogens with two attached hydrogens (primary N) is 1. The Hall–Kier alpha value is -3.78. The number of aromatic nitrogens is 1. The second-order valence-corrected chi connectivity index (χ2v) is 8.99. The summed E-state index contributed by atoms with van der Waals surface area (Å²) in [6.45, 7) is 0. The van der Waals surface area contributed by atoms with Crippen LogP contribution in [0.25, 0.3) is 10.8 Å². The Labute approximate surface area is 180 Å². The molecule has 0 aliphatic heterocycles. The molecule has 1 aromatic heterocycles. The summed E-state index contributed by atoms with van der Waals surface area (Å²) in [6, 6.07) is 19.5. The molecule has 31 heavy (non-hydrogen) atoms. The monoisotopic (exact) mass is 435 g/mol. The van der Waals surface area contributed by atoms with Gasteiger partial charge in [-0.25, -0.2) is 13.4 Å². The highest BCUT2D eigenvalue weighted by atomic mass is 32.2. The first kappa shape index (κ1) is 20.5. The van der Waals surface area contributed by atoms with E-state index in [2.05, 4.69) is 10.3 Å². The third-order valence-corrected chi connectivity index (χ3v) is 5.79. The van der Waals surface area contributed by atoms with E-state index in [-0.39, 0.29) is 4.90 Å². The number of fused-ring (bicyclic) bond motifs is 1. The Morgan fingerprint density at radius 2 is 1.71 bits per heavy atom. The van der Waals surface area contributed by atoms with E-state index in [0.717, 1.165) is 17.0 Å². The Kier molecular flexibility index (Phi) is 5.39. The summed E-state index contributed by atoms with van der Waals surface area (Å²) in [6.07, 6.45) is 2.75. The van der Waals surface area contributed by atoms with E-state index in [0.29, 0.717) is 34.4 Å². The SMILES string of the molecule is COc1cc(Nc2cc(Oc3ccc(N)c4ccccc34)ccn2)cc(S(C)(=O)=O)c1. The average molecular weight is 436 g/mol. The molecule has 4 aromatic rings. The summed E-state index contributed by atoms with van der Waals surface area (Å²) in [5.41, 5.74) is 7.28. The van der Waals surface area contributed by atoms with Crippen LogP contribution in [0.1, 0.15) is 0 Å². The van der Waals surface area contributed by atoms with E-state index < -0.39 is 9.84 Å². The van der Waals surface area contributed by atoms with Crippen molar-refractivity contribution in [2.75, 3.05) is 24.4 Å². The highest BCUT2D eigenvalue weighted by Gasteiger charge is 2.12. The molecule has 3 N–H and O–H groups in total. The predicted molar refractivity (Wildman–Crippen MR) is 122 cm³/mol. The zero-order valence-corrected chi connectivity index (χ0v) is 17.8. The minimum atomic E-state index is -3.40. The maximum absolute atomic E-state index is 12.0. The number of benzene rings is 3. The van der Waals surface area contributed by atoms with Gasteiger partial charge in [0.1, 0.15) is 23.1 Å². The van der Waals surface area contributed by atoms with Gasteiger partial charge in [0, 0.05) is 46.7 Å². The molecule has 0 bridgehead atoms.